The molecule has 1 heterocycles. The second kappa shape index (κ2) is 9.82. The SMILES string of the molecule is CCNS(=O)(=O)c1ccc(C(=O)N2CCN(C/C=C/c3ccccc3)CC2)cc1. The highest BCUT2D eigenvalue weighted by molar-refractivity contribution is 7.89. The minimum atomic E-state index is -3.50. The second-order valence-corrected chi connectivity index (χ2v) is 8.70. The number of rotatable bonds is 7. The Balaban J connectivity index is 1.51. The fourth-order valence-electron chi connectivity index (χ4n) is 3.27. The number of benzene rings is 2. The third-order valence-electron chi connectivity index (χ3n) is 4.88. The van der Waals surface area contributed by atoms with Crippen LogP contribution >= 0.6 is 0 Å². The molecule has 0 unspecified atom stereocenters. The maximum Gasteiger partial charge on any atom is 0.253 e. The summed E-state index contributed by atoms with van der Waals surface area (Å²) in [5.41, 5.74) is 1.69. The highest BCUT2D eigenvalue weighted by atomic mass is 32.2. The van der Waals surface area contributed by atoms with Crippen LogP contribution in [-0.2, 0) is 10.0 Å². The quantitative estimate of drug-likeness (QED) is 0.757. The van der Waals surface area contributed by atoms with E-state index in [4.69, 9.17) is 0 Å². The zero-order valence-corrected chi connectivity index (χ0v) is 17.4. The first-order chi connectivity index (χ1) is 14.0. The van der Waals surface area contributed by atoms with Gasteiger partial charge in [-0.05, 0) is 29.8 Å². The first-order valence-corrected chi connectivity index (χ1v) is 11.3. The number of piperazine rings is 1. The van der Waals surface area contributed by atoms with Crippen molar-refractivity contribution < 1.29 is 13.2 Å². The molecule has 2 aromatic rings. The molecule has 1 amide bonds. The lowest BCUT2D eigenvalue weighted by Crippen LogP contribution is -2.48. The van der Waals surface area contributed by atoms with Crippen molar-refractivity contribution >= 4 is 22.0 Å². The van der Waals surface area contributed by atoms with Crippen molar-refractivity contribution in [3.05, 3.63) is 71.8 Å². The molecule has 0 saturated carbocycles. The molecule has 29 heavy (non-hydrogen) atoms. The van der Waals surface area contributed by atoms with Gasteiger partial charge < -0.3 is 4.90 Å². The molecule has 1 saturated heterocycles. The van der Waals surface area contributed by atoms with Gasteiger partial charge in [0.2, 0.25) is 10.0 Å². The van der Waals surface area contributed by atoms with E-state index >= 15 is 0 Å². The number of nitrogens with zero attached hydrogens (tertiary/aromatic N) is 2. The van der Waals surface area contributed by atoms with E-state index in [1.807, 2.05) is 23.1 Å². The lowest BCUT2D eigenvalue weighted by Gasteiger charge is -2.34. The van der Waals surface area contributed by atoms with Crippen molar-refractivity contribution in [1.29, 1.82) is 0 Å². The highest BCUT2D eigenvalue weighted by Gasteiger charge is 2.22. The van der Waals surface area contributed by atoms with Crippen LogP contribution in [0, 0.1) is 0 Å². The number of nitrogens with one attached hydrogen (secondary N) is 1. The van der Waals surface area contributed by atoms with E-state index in [9.17, 15) is 13.2 Å². The number of hydrogen-bond acceptors (Lipinski definition) is 4. The molecule has 1 fully saturated rings. The Morgan fingerprint density at radius 3 is 2.28 bits per heavy atom. The summed E-state index contributed by atoms with van der Waals surface area (Å²) in [6, 6.07) is 16.3. The van der Waals surface area contributed by atoms with Crippen LogP contribution < -0.4 is 4.72 Å². The molecule has 0 bridgehead atoms. The van der Waals surface area contributed by atoms with Crippen molar-refractivity contribution in [3.8, 4) is 0 Å². The van der Waals surface area contributed by atoms with Crippen LogP contribution in [0.3, 0.4) is 0 Å². The van der Waals surface area contributed by atoms with Gasteiger partial charge in [0.25, 0.3) is 5.91 Å². The molecule has 0 atom stereocenters. The molecule has 154 valence electrons. The molecule has 3 rings (SSSR count). The largest absolute Gasteiger partial charge is 0.336 e. The number of hydrogen-bond donors (Lipinski definition) is 1. The van der Waals surface area contributed by atoms with E-state index in [0.717, 1.165) is 19.6 Å². The zero-order chi connectivity index (χ0) is 20.7. The molecule has 0 aliphatic carbocycles. The lowest BCUT2D eigenvalue weighted by molar-refractivity contribution is 0.0650. The summed E-state index contributed by atoms with van der Waals surface area (Å²) >= 11 is 0. The van der Waals surface area contributed by atoms with Gasteiger partial charge in [0.05, 0.1) is 4.90 Å². The molecule has 0 spiro atoms. The predicted octanol–water partition coefficient (Wildman–Crippen LogP) is 2.46. The van der Waals surface area contributed by atoms with Gasteiger partial charge in [-0.2, -0.15) is 0 Å². The number of sulfonamides is 1. The summed E-state index contributed by atoms with van der Waals surface area (Å²) in [5.74, 6) is -0.0584. The summed E-state index contributed by atoms with van der Waals surface area (Å²) in [6.07, 6.45) is 4.26. The first kappa shape index (κ1) is 21.2. The average molecular weight is 414 g/mol. The van der Waals surface area contributed by atoms with Crippen LogP contribution in [0.25, 0.3) is 6.08 Å². The van der Waals surface area contributed by atoms with E-state index in [-0.39, 0.29) is 10.8 Å². The van der Waals surface area contributed by atoms with Crippen molar-refractivity contribution in [3.63, 3.8) is 0 Å². The van der Waals surface area contributed by atoms with Crippen molar-refractivity contribution in [2.75, 3.05) is 39.3 Å². The van der Waals surface area contributed by atoms with Gasteiger partial charge in [-0.1, -0.05) is 49.4 Å². The van der Waals surface area contributed by atoms with E-state index in [1.54, 1.807) is 19.1 Å². The summed E-state index contributed by atoms with van der Waals surface area (Å²) in [6.45, 7) is 5.87. The third-order valence-corrected chi connectivity index (χ3v) is 6.44. The molecule has 2 aromatic carbocycles. The molecule has 6 nitrogen and oxygen atoms in total. The van der Waals surface area contributed by atoms with Gasteiger partial charge in [0, 0.05) is 44.8 Å². The van der Waals surface area contributed by atoms with Gasteiger partial charge in [0.1, 0.15) is 0 Å². The average Bonchev–Trinajstić information content (AvgIpc) is 2.75. The van der Waals surface area contributed by atoms with Gasteiger partial charge in [-0.15, -0.1) is 0 Å². The molecular formula is C22H27N3O3S. The minimum absolute atomic E-state index is 0.0584. The van der Waals surface area contributed by atoms with Crippen molar-refractivity contribution in [2.45, 2.75) is 11.8 Å². The Labute approximate surface area is 172 Å². The first-order valence-electron chi connectivity index (χ1n) is 9.82. The van der Waals surface area contributed by atoms with Gasteiger partial charge in [-0.3, -0.25) is 9.69 Å². The van der Waals surface area contributed by atoms with Crippen molar-refractivity contribution in [1.82, 2.24) is 14.5 Å². The maximum atomic E-state index is 12.7. The Bertz CT molecular complexity index is 933. The number of carbonyl (C=O) groups is 1. The molecule has 1 aliphatic heterocycles. The fraction of sp³-hybridized carbons (Fsp3) is 0.318. The van der Waals surface area contributed by atoms with Gasteiger partial charge >= 0.3 is 0 Å². The Kier molecular flexibility index (Phi) is 7.19. The highest BCUT2D eigenvalue weighted by Crippen LogP contribution is 2.14. The molecule has 7 heteroatoms. The van der Waals surface area contributed by atoms with Crippen LogP contribution in [0.5, 0.6) is 0 Å². The summed E-state index contributed by atoms with van der Waals surface area (Å²) in [5, 5.41) is 0. The minimum Gasteiger partial charge on any atom is -0.336 e. The summed E-state index contributed by atoms with van der Waals surface area (Å²) in [4.78, 5) is 17.0. The molecule has 1 aliphatic rings. The Morgan fingerprint density at radius 1 is 1.00 bits per heavy atom. The Hall–Kier alpha value is -2.48. The molecule has 0 aromatic heterocycles. The molecule has 0 radical (unpaired) electrons. The lowest BCUT2D eigenvalue weighted by atomic mass is 10.2. The molecule has 1 N–H and O–H groups in total. The topological polar surface area (TPSA) is 69.7 Å². The van der Waals surface area contributed by atoms with E-state index in [2.05, 4.69) is 33.9 Å². The third kappa shape index (κ3) is 5.76. The summed E-state index contributed by atoms with van der Waals surface area (Å²) in [7, 11) is -3.50. The molecular weight excluding hydrogens is 386 g/mol. The second-order valence-electron chi connectivity index (χ2n) is 6.93. The van der Waals surface area contributed by atoms with Crippen LogP contribution in [0.4, 0.5) is 0 Å². The van der Waals surface area contributed by atoms with Crippen LogP contribution in [0.1, 0.15) is 22.8 Å². The number of carbonyl (C=O) groups excluding carboxylic acids is 1. The Morgan fingerprint density at radius 2 is 1.66 bits per heavy atom. The fourth-order valence-corrected chi connectivity index (χ4v) is 4.31. The van der Waals surface area contributed by atoms with Crippen LogP contribution in [0.2, 0.25) is 0 Å². The zero-order valence-electron chi connectivity index (χ0n) is 16.6. The van der Waals surface area contributed by atoms with Gasteiger partial charge in [0.15, 0.2) is 0 Å². The summed E-state index contributed by atoms with van der Waals surface area (Å²) < 4.78 is 26.5. The monoisotopic (exact) mass is 413 g/mol. The maximum absolute atomic E-state index is 12.7. The smallest absolute Gasteiger partial charge is 0.253 e. The van der Waals surface area contributed by atoms with Crippen molar-refractivity contribution in [2.24, 2.45) is 0 Å². The normalized spacial score (nSPS) is 15.7. The van der Waals surface area contributed by atoms with Crippen LogP contribution in [-0.4, -0.2) is 63.4 Å². The predicted molar refractivity (Wildman–Crippen MR) is 115 cm³/mol. The van der Waals surface area contributed by atoms with E-state index in [1.165, 1.54) is 17.7 Å². The standard InChI is InChI=1S/C22H27N3O3S/c1-2-23-29(27,28)21-12-10-20(11-13-21)22(26)25-17-15-24(16-18-25)14-6-9-19-7-4-3-5-8-19/h3-13,23H,2,14-18H2,1H3/b9-6+. The van der Waals surface area contributed by atoms with Gasteiger partial charge in [-0.25, -0.2) is 13.1 Å². The van der Waals surface area contributed by atoms with E-state index in [0.29, 0.717) is 25.2 Å². The number of amides is 1. The van der Waals surface area contributed by atoms with E-state index < -0.39 is 10.0 Å². The van der Waals surface area contributed by atoms with Crippen LogP contribution in [0.15, 0.2) is 65.6 Å².